The van der Waals surface area contributed by atoms with E-state index in [9.17, 15) is 14.4 Å². The molecule has 3 aliphatic heterocycles. The third kappa shape index (κ3) is 16.2. The van der Waals surface area contributed by atoms with Crippen LogP contribution in [0.5, 0.6) is 0 Å². The highest BCUT2D eigenvalue weighted by molar-refractivity contribution is 5.85. The number of nitrogens with one attached hydrogen (secondary N) is 1. The summed E-state index contributed by atoms with van der Waals surface area (Å²) in [7, 11) is 0. The lowest BCUT2D eigenvalue weighted by atomic mass is 9.87. The van der Waals surface area contributed by atoms with E-state index in [2.05, 4.69) is 189 Å². The molecule has 83 heavy (non-hydrogen) atoms. The minimum atomic E-state index is 0. The largest absolute Gasteiger partial charge is 0.338 e. The molecule has 0 bridgehead atoms. The lowest BCUT2D eigenvalue weighted by molar-refractivity contribution is -0.134. The Balaban J connectivity index is 0.000000196. The summed E-state index contributed by atoms with van der Waals surface area (Å²) in [6, 6.07) is 48.1. The fraction of sp³-hybridized carbons (Fsp3) is 0.487. The van der Waals surface area contributed by atoms with Gasteiger partial charge < -0.3 is 20.0 Å². The number of fused-ring (bicyclic) bond motifs is 6. The first-order valence-electron chi connectivity index (χ1n) is 31.1. The summed E-state index contributed by atoms with van der Waals surface area (Å²) in [5.41, 5.74) is 20.1. The van der Waals surface area contributed by atoms with E-state index < -0.39 is 0 Å². The maximum atomic E-state index is 13.1. The van der Waals surface area contributed by atoms with Gasteiger partial charge in [-0.05, 0) is 167 Å². The second-order valence-electron chi connectivity index (χ2n) is 24.4. The molecule has 7 heteroatoms. The summed E-state index contributed by atoms with van der Waals surface area (Å²) in [6.07, 6.45) is 19.4. The number of aryl methyl sites for hydroxylation is 1. The number of amides is 4. The summed E-state index contributed by atoms with van der Waals surface area (Å²) in [4.78, 5) is 45.5. The Labute approximate surface area is 503 Å². The molecule has 7 nitrogen and oxygen atoms in total. The number of hydrogen-bond donors (Lipinski definition) is 1. The van der Waals surface area contributed by atoms with E-state index in [1.807, 2.05) is 6.07 Å². The van der Waals surface area contributed by atoms with Gasteiger partial charge in [0.2, 0.25) is 11.8 Å². The second-order valence-corrected chi connectivity index (χ2v) is 24.4. The number of rotatable bonds is 18. The van der Waals surface area contributed by atoms with Crippen molar-refractivity contribution in [3.05, 3.63) is 195 Å². The molecular weight excluding hydrogens is 1020 g/mol. The summed E-state index contributed by atoms with van der Waals surface area (Å²) in [6.45, 7) is 16.8. The van der Waals surface area contributed by atoms with Gasteiger partial charge in [0.25, 0.3) is 0 Å². The zero-order valence-electron chi connectivity index (χ0n) is 49.4. The monoisotopic (exact) mass is 1120 g/mol. The molecule has 3 heterocycles. The second kappa shape index (κ2) is 32.0. The van der Waals surface area contributed by atoms with E-state index in [1.165, 1.54) is 98.1 Å². The van der Waals surface area contributed by atoms with Crippen LogP contribution in [0.2, 0.25) is 0 Å². The standard InChI is InChI=1S/C25H29NO.C24H28N2O.C24H35NO.3CH4/c1-18(2)16-24-23-17-20-10-6-7-11-21(20)22(23)14-15-26(24)25(27)13-12-19-8-4-3-5-9-19;1-2-3-14-25-24(27)26-15-13-21-20-12-8-7-11-19(20)17-22(21)23(26)16-18-9-5-4-6-10-18;1-4-5-6-7-8-13-24(26)25-15-14-21-20-12-10-9-11-19(20)17-22(21)23(25)16-18(2)3;;;/h3-11,18,24H,12-17H2,1-2H3;4-12,23H,2-3,13-17H2,1H3,(H,25,27);9-12,18,23H,4-8,13-17H2,1-3H3;3*1H4. The molecule has 11 rings (SSSR count). The fourth-order valence-electron chi connectivity index (χ4n) is 13.8. The van der Waals surface area contributed by atoms with Crippen LogP contribution in [0.4, 0.5) is 4.79 Å². The molecule has 1 N–H and O–H groups in total. The molecule has 3 aliphatic carbocycles. The Morgan fingerprint density at radius 1 is 0.458 bits per heavy atom. The van der Waals surface area contributed by atoms with Crippen LogP contribution in [0.3, 0.4) is 0 Å². The summed E-state index contributed by atoms with van der Waals surface area (Å²) < 4.78 is 0. The smallest absolute Gasteiger partial charge is 0.317 e. The highest BCUT2D eigenvalue weighted by Crippen LogP contribution is 2.45. The van der Waals surface area contributed by atoms with Crippen LogP contribution in [-0.4, -0.2) is 76.8 Å². The van der Waals surface area contributed by atoms with Gasteiger partial charge in [-0.2, -0.15) is 0 Å². The molecule has 0 aromatic heterocycles. The number of benzene rings is 5. The molecule has 0 saturated heterocycles. The van der Waals surface area contributed by atoms with E-state index in [1.54, 1.807) is 5.57 Å². The van der Waals surface area contributed by atoms with Gasteiger partial charge in [0, 0.05) is 39.0 Å². The van der Waals surface area contributed by atoms with Crippen molar-refractivity contribution in [1.29, 1.82) is 0 Å². The van der Waals surface area contributed by atoms with Crippen molar-refractivity contribution in [2.45, 2.75) is 204 Å². The third-order valence-electron chi connectivity index (χ3n) is 17.8. The van der Waals surface area contributed by atoms with Gasteiger partial charge in [-0.15, -0.1) is 0 Å². The predicted octanol–water partition coefficient (Wildman–Crippen LogP) is 18.0. The Bertz CT molecular complexity index is 2990. The zero-order chi connectivity index (χ0) is 56.0. The minimum Gasteiger partial charge on any atom is -0.338 e. The highest BCUT2D eigenvalue weighted by atomic mass is 16.2. The van der Waals surface area contributed by atoms with Crippen LogP contribution in [0.1, 0.15) is 198 Å². The van der Waals surface area contributed by atoms with Crippen molar-refractivity contribution in [2.24, 2.45) is 11.8 Å². The van der Waals surface area contributed by atoms with Crippen molar-refractivity contribution in [3.8, 4) is 0 Å². The van der Waals surface area contributed by atoms with E-state index >= 15 is 0 Å². The molecule has 0 spiro atoms. The Morgan fingerprint density at radius 2 is 0.855 bits per heavy atom. The number of carbonyl (C=O) groups is 3. The maximum absolute atomic E-state index is 13.1. The molecule has 4 amide bonds. The summed E-state index contributed by atoms with van der Waals surface area (Å²) in [5.74, 6) is 1.88. The quantitative estimate of drug-likeness (QED) is 0.0889. The van der Waals surface area contributed by atoms with Crippen molar-refractivity contribution < 1.29 is 14.4 Å². The number of carbonyl (C=O) groups excluding carboxylic acids is 3. The Hall–Kier alpha value is -6.47. The van der Waals surface area contributed by atoms with Gasteiger partial charge in [-0.3, -0.25) is 9.59 Å². The average molecular weight is 1120 g/mol. The third-order valence-corrected chi connectivity index (χ3v) is 17.8. The molecule has 5 aromatic rings. The SMILES string of the molecule is C.C.C.CC(C)CC1C2=C(CCN1C(=O)CCc1ccccc1)c1ccccc1C2.CCCCCCCC(=O)N1CCC2=C(Cc3ccccc32)C1CC(C)C.CCCCNC(=O)N1CCC2=C(Cc3ccccc32)C1Cc1ccccc1. The molecule has 3 atom stereocenters. The molecule has 6 aliphatic rings. The van der Waals surface area contributed by atoms with E-state index in [-0.39, 0.29) is 40.4 Å². The average Bonchev–Trinajstić information content (AvgIpc) is 2.83. The van der Waals surface area contributed by atoms with Crippen LogP contribution in [0, 0.1) is 11.8 Å². The first-order valence-corrected chi connectivity index (χ1v) is 31.1. The van der Waals surface area contributed by atoms with E-state index in [0.29, 0.717) is 36.1 Å². The van der Waals surface area contributed by atoms with E-state index in [4.69, 9.17) is 0 Å². The van der Waals surface area contributed by atoms with Gasteiger partial charge in [-0.25, -0.2) is 4.79 Å². The van der Waals surface area contributed by atoms with Crippen molar-refractivity contribution in [3.63, 3.8) is 0 Å². The van der Waals surface area contributed by atoms with Crippen LogP contribution in [-0.2, 0) is 41.7 Å². The predicted molar refractivity (Wildman–Crippen MR) is 352 cm³/mol. The number of hydrogen-bond acceptors (Lipinski definition) is 3. The molecule has 0 fully saturated rings. The molecule has 3 unspecified atom stereocenters. The number of unbranched alkanes of at least 4 members (excludes halogenated alkanes) is 5. The topological polar surface area (TPSA) is 73.0 Å². The first-order chi connectivity index (χ1) is 39.0. The molecular formula is C76H104N4O3. The molecule has 5 aromatic carbocycles. The lowest BCUT2D eigenvalue weighted by Gasteiger charge is -2.38. The van der Waals surface area contributed by atoms with Crippen molar-refractivity contribution in [1.82, 2.24) is 20.0 Å². The van der Waals surface area contributed by atoms with Gasteiger partial charge in [0.15, 0.2) is 0 Å². The van der Waals surface area contributed by atoms with Gasteiger partial charge in [0.05, 0.1) is 18.1 Å². The summed E-state index contributed by atoms with van der Waals surface area (Å²) in [5, 5.41) is 3.13. The van der Waals surface area contributed by atoms with Gasteiger partial charge in [0.1, 0.15) is 0 Å². The number of nitrogens with zero attached hydrogens (tertiary/aromatic N) is 3. The summed E-state index contributed by atoms with van der Waals surface area (Å²) >= 11 is 0. The molecule has 0 radical (unpaired) electrons. The lowest BCUT2D eigenvalue weighted by Crippen LogP contribution is -2.50. The van der Waals surface area contributed by atoms with Crippen molar-refractivity contribution >= 4 is 34.6 Å². The fourth-order valence-corrected chi connectivity index (χ4v) is 13.8. The number of urea groups is 1. The zero-order valence-corrected chi connectivity index (χ0v) is 49.4. The highest BCUT2D eigenvalue weighted by Gasteiger charge is 2.39. The Kier molecular flexibility index (Phi) is 25.3. The van der Waals surface area contributed by atoms with Crippen LogP contribution in [0.15, 0.2) is 150 Å². The minimum absolute atomic E-state index is 0. The molecule has 0 saturated carbocycles. The molecule has 446 valence electrons. The van der Waals surface area contributed by atoms with Crippen molar-refractivity contribution in [2.75, 3.05) is 26.2 Å². The van der Waals surface area contributed by atoms with Gasteiger partial charge in [-0.1, -0.05) is 229 Å². The maximum Gasteiger partial charge on any atom is 0.317 e. The van der Waals surface area contributed by atoms with E-state index in [0.717, 1.165) is 116 Å². The van der Waals surface area contributed by atoms with Crippen LogP contribution >= 0.6 is 0 Å². The normalized spacial score (nSPS) is 18.0. The first kappa shape index (κ1) is 65.7. The Morgan fingerprint density at radius 3 is 1.31 bits per heavy atom. The van der Waals surface area contributed by atoms with Crippen LogP contribution in [0.25, 0.3) is 16.7 Å². The van der Waals surface area contributed by atoms with Crippen LogP contribution < -0.4 is 5.32 Å². The van der Waals surface area contributed by atoms with Gasteiger partial charge >= 0.3 is 6.03 Å².